The Morgan fingerprint density at radius 3 is 2.30 bits per heavy atom. The lowest BCUT2D eigenvalue weighted by atomic mass is 9.96. The smallest absolute Gasteiger partial charge is 0.131 e. The monoisotopic (exact) mass is 287 g/mol. The molecule has 1 rings (SSSR count). The molecule has 2 atom stereocenters. The Kier molecular flexibility index (Phi) is 7.05. The van der Waals surface area contributed by atoms with Crippen molar-refractivity contribution in [3.05, 3.63) is 35.4 Å². The predicted molar refractivity (Wildman–Crippen MR) is 74.3 cm³/mol. The van der Waals surface area contributed by atoms with Crippen LogP contribution in [0.25, 0.3) is 0 Å². The van der Waals surface area contributed by atoms with Crippen LogP contribution in [0.5, 0.6) is 0 Å². The molecule has 0 spiro atoms. The zero-order valence-corrected chi connectivity index (χ0v) is 11.9. The molecule has 0 heterocycles. The Bertz CT molecular complexity index is 411. The molecule has 0 radical (unpaired) electrons. The average Bonchev–Trinajstić information content (AvgIpc) is 2.39. The minimum Gasteiger partial charge on any atom is -0.392 e. The fourth-order valence-corrected chi connectivity index (χ4v) is 2.25. The third-order valence-electron chi connectivity index (χ3n) is 3.61. The fourth-order valence-electron chi connectivity index (χ4n) is 2.25. The molecule has 3 nitrogen and oxygen atoms in total. The van der Waals surface area contributed by atoms with Gasteiger partial charge in [0.1, 0.15) is 11.6 Å². The molecule has 0 saturated heterocycles. The first-order chi connectivity index (χ1) is 9.49. The van der Waals surface area contributed by atoms with E-state index < -0.39 is 23.8 Å². The molecule has 3 N–H and O–H groups in total. The van der Waals surface area contributed by atoms with E-state index in [1.807, 2.05) is 13.8 Å². The molecule has 0 aromatic heterocycles. The minimum atomic E-state index is -1.07. The summed E-state index contributed by atoms with van der Waals surface area (Å²) in [5.74, 6) is -1.22. The van der Waals surface area contributed by atoms with Crippen LogP contribution in [0.3, 0.4) is 0 Å². The van der Waals surface area contributed by atoms with E-state index in [2.05, 4.69) is 5.32 Å². The third kappa shape index (κ3) is 4.81. The number of aliphatic hydroxyl groups excluding tert-OH is 2. The van der Waals surface area contributed by atoms with Crippen molar-refractivity contribution < 1.29 is 19.0 Å². The van der Waals surface area contributed by atoms with Gasteiger partial charge in [0.15, 0.2) is 0 Å². The highest BCUT2D eigenvalue weighted by Crippen LogP contribution is 2.17. The molecule has 0 saturated carbocycles. The molecular weight excluding hydrogens is 264 g/mol. The van der Waals surface area contributed by atoms with E-state index in [9.17, 15) is 19.0 Å². The molecule has 1 aromatic carbocycles. The van der Waals surface area contributed by atoms with Gasteiger partial charge in [0, 0.05) is 24.7 Å². The topological polar surface area (TPSA) is 52.5 Å². The number of aliphatic hydroxyl groups is 2. The van der Waals surface area contributed by atoms with Gasteiger partial charge in [0.25, 0.3) is 0 Å². The van der Waals surface area contributed by atoms with Gasteiger partial charge in [-0.05, 0) is 12.0 Å². The fraction of sp³-hybridized carbons (Fsp3) is 0.600. The largest absolute Gasteiger partial charge is 0.392 e. The summed E-state index contributed by atoms with van der Waals surface area (Å²) in [5.41, 5.74) is 0.0518. The molecule has 20 heavy (non-hydrogen) atoms. The predicted octanol–water partition coefficient (Wildman–Crippen LogP) is 2.38. The van der Waals surface area contributed by atoms with Gasteiger partial charge in [-0.15, -0.1) is 0 Å². The summed E-state index contributed by atoms with van der Waals surface area (Å²) in [5, 5.41) is 22.7. The van der Waals surface area contributed by atoms with Gasteiger partial charge in [-0.25, -0.2) is 8.78 Å². The molecular formula is C15H23F2NO2. The molecule has 0 bridgehead atoms. The number of hydrogen-bond acceptors (Lipinski definition) is 3. The minimum absolute atomic E-state index is 0.0518. The first-order valence-corrected chi connectivity index (χ1v) is 7.01. The number of rotatable bonds is 8. The summed E-state index contributed by atoms with van der Waals surface area (Å²) in [6.07, 6.45) is 0.211. The zero-order chi connectivity index (χ0) is 15.1. The van der Waals surface area contributed by atoms with E-state index in [0.29, 0.717) is 6.54 Å². The molecule has 114 valence electrons. The van der Waals surface area contributed by atoms with Crippen molar-refractivity contribution in [3.63, 3.8) is 0 Å². The van der Waals surface area contributed by atoms with Gasteiger partial charge in [-0.3, -0.25) is 0 Å². The lowest BCUT2D eigenvalue weighted by Gasteiger charge is -2.21. The Morgan fingerprint density at radius 1 is 1.10 bits per heavy atom. The summed E-state index contributed by atoms with van der Waals surface area (Å²) < 4.78 is 26.2. The third-order valence-corrected chi connectivity index (χ3v) is 3.61. The molecule has 2 unspecified atom stereocenters. The zero-order valence-electron chi connectivity index (χ0n) is 11.9. The Balaban J connectivity index is 2.45. The van der Waals surface area contributed by atoms with E-state index in [0.717, 1.165) is 25.0 Å². The van der Waals surface area contributed by atoms with Crippen LogP contribution in [0.15, 0.2) is 18.2 Å². The Labute approximate surface area is 118 Å². The standard InChI is InChI=1S/C15H23F2NO2/c1-3-10(4-2)14(19)8-18-9-15(20)12-6-5-11(16)7-13(12)17/h5-7,10,14-15,18-20H,3-4,8-9H2,1-2H3. The van der Waals surface area contributed by atoms with Gasteiger partial charge < -0.3 is 15.5 Å². The van der Waals surface area contributed by atoms with Gasteiger partial charge >= 0.3 is 0 Å². The summed E-state index contributed by atoms with van der Waals surface area (Å²) in [4.78, 5) is 0. The van der Waals surface area contributed by atoms with E-state index in [4.69, 9.17) is 0 Å². The van der Waals surface area contributed by atoms with Crippen molar-refractivity contribution in [1.29, 1.82) is 0 Å². The Hall–Kier alpha value is -1.04. The molecule has 1 aromatic rings. The first-order valence-electron chi connectivity index (χ1n) is 7.01. The van der Waals surface area contributed by atoms with Crippen molar-refractivity contribution in [3.8, 4) is 0 Å². The molecule has 5 heteroatoms. The van der Waals surface area contributed by atoms with E-state index >= 15 is 0 Å². The number of halogens is 2. The van der Waals surface area contributed by atoms with E-state index in [1.165, 1.54) is 6.07 Å². The lowest BCUT2D eigenvalue weighted by molar-refractivity contribution is 0.0941. The van der Waals surface area contributed by atoms with Crippen molar-refractivity contribution in [1.82, 2.24) is 5.32 Å². The van der Waals surface area contributed by atoms with Crippen LogP contribution < -0.4 is 5.32 Å². The van der Waals surface area contributed by atoms with Crippen LogP contribution in [-0.4, -0.2) is 29.4 Å². The van der Waals surface area contributed by atoms with E-state index in [-0.39, 0.29) is 18.0 Å². The van der Waals surface area contributed by atoms with E-state index in [1.54, 1.807) is 0 Å². The van der Waals surface area contributed by atoms with Gasteiger partial charge in [0.05, 0.1) is 12.2 Å². The maximum Gasteiger partial charge on any atom is 0.131 e. The number of hydrogen-bond donors (Lipinski definition) is 3. The lowest BCUT2D eigenvalue weighted by Crippen LogP contribution is -2.34. The van der Waals surface area contributed by atoms with Crippen LogP contribution in [0.2, 0.25) is 0 Å². The average molecular weight is 287 g/mol. The quantitative estimate of drug-likeness (QED) is 0.688. The van der Waals surface area contributed by atoms with Gasteiger partial charge in [0.2, 0.25) is 0 Å². The van der Waals surface area contributed by atoms with Crippen LogP contribution in [0.1, 0.15) is 38.4 Å². The van der Waals surface area contributed by atoms with Crippen LogP contribution in [0, 0.1) is 17.6 Å². The molecule has 0 aliphatic carbocycles. The summed E-state index contributed by atoms with van der Waals surface area (Å²) in [7, 11) is 0. The summed E-state index contributed by atoms with van der Waals surface area (Å²) in [6.45, 7) is 4.48. The van der Waals surface area contributed by atoms with Crippen LogP contribution in [0.4, 0.5) is 8.78 Å². The van der Waals surface area contributed by atoms with Crippen molar-refractivity contribution >= 4 is 0 Å². The van der Waals surface area contributed by atoms with Gasteiger partial charge in [-0.1, -0.05) is 32.8 Å². The first kappa shape index (κ1) is 17.0. The summed E-state index contributed by atoms with van der Waals surface area (Å²) in [6, 6.07) is 3.09. The second-order valence-electron chi connectivity index (χ2n) is 4.98. The SMILES string of the molecule is CCC(CC)C(O)CNCC(O)c1ccc(F)cc1F. The van der Waals surface area contributed by atoms with Crippen molar-refractivity contribution in [2.45, 2.75) is 38.9 Å². The van der Waals surface area contributed by atoms with Crippen LogP contribution >= 0.6 is 0 Å². The number of nitrogens with one attached hydrogen (secondary N) is 1. The maximum absolute atomic E-state index is 13.4. The Morgan fingerprint density at radius 2 is 1.75 bits per heavy atom. The van der Waals surface area contributed by atoms with Gasteiger partial charge in [-0.2, -0.15) is 0 Å². The maximum atomic E-state index is 13.4. The highest BCUT2D eigenvalue weighted by atomic mass is 19.1. The second-order valence-corrected chi connectivity index (χ2v) is 4.98. The second kappa shape index (κ2) is 8.29. The van der Waals surface area contributed by atoms with Crippen molar-refractivity contribution in [2.75, 3.05) is 13.1 Å². The molecule has 0 amide bonds. The highest BCUT2D eigenvalue weighted by molar-refractivity contribution is 5.21. The number of benzene rings is 1. The summed E-state index contributed by atoms with van der Waals surface area (Å²) >= 11 is 0. The van der Waals surface area contributed by atoms with Crippen LogP contribution in [-0.2, 0) is 0 Å². The van der Waals surface area contributed by atoms with Crippen molar-refractivity contribution in [2.24, 2.45) is 5.92 Å². The molecule has 0 fully saturated rings. The highest BCUT2D eigenvalue weighted by Gasteiger charge is 2.17. The normalized spacial score (nSPS) is 14.6. The molecule has 0 aliphatic heterocycles. The molecule has 0 aliphatic rings.